The molecular formula is C19H17NO. The minimum absolute atomic E-state index is 0.859. The Morgan fingerprint density at radius 2 is 1.76 bits per heavy atom. The molecule has 104 valence electrons. The van der Waals surface area contributed by atoms with Crippen molar-refractivity contribution < 1.29 is 4.74 Å². The fourth-order valence-corrected chi connectivity index (χ4v) is 2.27. The Balaban J connectivity index is 1.68. The third kappa shape index (κ3) is 3.29. The highest BCUT2D eigenvalue weighted by Crippen LogP contribution is 2.23. The van der Waals surface area contributed by atoms with Gasteiger partial charge in [0.1, 0.15) is 5.75 Å². The van der Waals surface area contributed by atoms with E-state index < -0.39 is 0 Å². The number of allylic oxidation sites excluding steroid dienone is 9. The van der Waals surface area contributed by atoms with E-state index in [1.54, 1.807) is 7.11 Å². The highest BCUT2D eigenvalue weighted by atomic mass is 16.5. The Hall–Kier alpha value is -2.61. The molecule has 2 aliphatic carbocycles. The van der Waals surface area contributed by atoms with Crippen LogP contribution in [-0.2, 0) is 0 Å². The van der Waals surface area contributed by atoms with E-state index in [-0.39, 0.29) is 0 Å². The van der Waals surface area contributed by atoms with Gasteiger partial charge in [0, 0.05) is 6.21 Å². The molecule has 0 aliphatic heterocycles. The molecule has 0 saturated carbocycles. The van der Waals surface area contributed by atoms with Crippen molar-refractivity contribution in [1.29, 1.82) is 0 Å². The van der Waals surface area contributed by atoms with Crippen molar-refractivity contribution in [3.05, 3.63) is 89.2 Å². The van der Waals surface area contributed by atoms with Crippen LogP contribution in [0, 0.1) is 0 Å². The Morgan fingerprint density at radius 3 is 2.38 bits per heavy atom. The standard InChI is InChI=1S/C19H17NO/c1-21-19-12-6-15(7-13-19)14-20-18-10-8-17(9-11-18)16-4-2-3-5-16/h2-8,10-14H,9H2,1H3. The van der Waals surface area contributed by atoms with Crippen molar-refractivity contribution in [3.63, 3.8) is 0 Å². The van der Waals surface area contributed by atoms with Crippen LogP contribution in [0.25, 0.3) is 0 Å². The first-order valence-corrected chi connectivity index (χ1v) is 6.99. The normalized spacial score (nSPS) is 16.9. The molecule has 2 aliphatic rings. The minimum atomic E-state index is 0.859. The Kier molecular flexibility index (Phi) is 3.97. The third-order valence-electron chi connectivity index (χ3n) is 3.50. The van der Waals surface area contributed by atoms with Crippen molar-refractivity contribution in [2.45, 2.75) is 6.42 Å². The van der Waals surface area contributed by atoms with E-state index in [9.17, 15) is 0 Å². The Labute approximate surface area is 125 Å². The lowest BCUT2D eigenvalue weighted by Gasteiger charge is -2.07. The van der Waals surface area contributed by atoms with Gasteiger partial charge in [0.05, 0.1) is 12.8 Å². The molecule has 21 heavy (non-hydrogen) atoms. The number of aliphatic imine (C=N–C) groups is 1. The van der Waals surface area contributed by atoms with Gasteiger partial charge in [-0.15, -0.1) is 0 Å². The van der Waals surface area contributed by atoms with E-state index in [1.807, 2.05) is 30.5 Å². The summed E-state index contributed by atoms with van der Waals surface area (Å²) in [4.78, 5) is 4.52. The maximum absolute atomic E-state index is 5.14. The van der Waals surface area contributed by atoms with E-state index in [2.05, 4.69) is 47.5 Å². The highest BCUT2D eigenvalue weighted by molar-refractivity contribution is 5.80. The summed E-state index contributed by atoms with van der Waals surface area (Å²) in [6.45, 7) is 0. The highest BCUT2D eigenvalue weighted by Gasteiger charge is 2.04. The zero-order chi connectivity index (χ0) is 14.5. The van der Waals surface area contributed by atoms with Gasteiger partial charge >= 0.3 is 0 Å². The topological polar surface area (TPSA) is 21.6 Å². The number of nitrogens with zero attached hydrogens (tertiary/aromatic N) is 1. The zero-order valence-electron chi connectivity index (χ0n) is 12.0. The second-order valence-electron chi connectivity index (χ2n) is 4.90. The van der Waals surface area contributed by atoms with Gasteiger partial charge in [-0.2, -0.15) is 0 Å². The molecule has 0 spiro atoms. The van der Waals surface area contributed by atoms with Crippen LogP contribution in [-0.4, -0.2) is 13.3 Å². The molecule has 0 bridgehead atoms. The number of benzene rings is 1. The number of hydrogen-bond donors (Lipinski definition) is 0. The van der Waals surface area contributed by atoms with Crippen LogP contribution in [0.15, 0.2) is 88.6 Å². The van der Waals surface area contributed by atoms with Gasteiger partial charge in [0.25, 0.3) is 0 Å². The summed E-state index contributed by atoms with van der Waals surface area (Å²) in [5.74, 6) is 0.859. The second-order valence-corrected chi connectivity index (χ2v) is 4.90. The number of hydrogen-bond acceptors (Lipinski definition) is 2. The fraction of sp³-hybridized carbons (Fsp3) is 0.105. The van der Waals surface area contributed by atoms with E-state index >= 15 is 0 Å². The van der Waals surface area contributed by atoms with Gasteiger partial charge < -0.3 is 4.74 Å². The lowest BCUT2D eigenvalue weighted by Crippen LogP contribution is -1.90. The van der Waals surface area contributed by atoms with Crippen LogP contribution >= 0.6 is 0 Å². The molecule has 0 heterocycles. The Bertz CT molecular complexity index is 684. The first kappa shape index (κ1) is 13.4. The lowest BCUT2D eigenvalue weighted by molar-refractivity contribution is 0.415. The monoisotopic (exact) mass is 275 g/mol. The maximum Gasteiger partial charge on any atom is 0.118 e. The second kappa shape index (κ2) is 6.23. The van der Waals surface area contributed by atoms with Gasteiger partial charge in [-0.25, -0.2) is 0 Å². The molecule has 2 heteroatoms. The zero-order valence-corrected chi connectivity index (χ0v) is 12.0. The first-order valence-electron chi connectivity index (χ1n) is 6.99. The van der Waals surface area contributed by atoms with Crippen LogP contribution in [0.3, 0.4) is 0 Å². The molecule has 0 aromatic heterocycles. The van der Waals surface area contributed by atoms with E-state index in [0.29, 0.717) is 0 Å². The smallest absolute Gasteiger partial charge is 0.118 e. The van der Waals surface area contributed by atoms with Gasteiger partial charge in [-0.1, -0.05) is 36.5 Å². The van der Waals surface area contributed by atoms with Crippen LogP contribution < -0.4 is 4.74 Å². The van der Waals surface area contributed by atoms with Crippen LogP contribution in [0.1, 0.15) is 12.0 Å². The molecule has 1 aromatic rings. The molecule has 2 nitrogen and oxygen atoms in total. The van der Waals surface area contributed by atoms with Crippen molar-refractivity contribution >= 4 is 6.21 Å². The van der Waals surface area contributed by atoms with Crippen molar-refractivity contribution in [1.82, 2.24) is 0 Å². The van der Waals surface area contributed by atoms with Crippen LogP contribution in [0.4, 0.5) is 0 Å². The molecule has 0 atom stereocenters. The van der Waals surface area contributed by atoms with E-state index in [4.69, 9.17) is 4.74 Å². The molecule has 0 radical (unpaired) electrons. The van der Waals surface area contributed by atoms with E-state index in [0.717, 1.165) is 23.4 Å². The summed E-state index contributed by atoms with van der Waals surface area (Å²) in [6, 6.07) is 7.87. The summed E-state index contributed by atoms with van der Waals surface area (Å²) in [6.07, 6.45) is 17.6. The van der Waals surface area contributed by atoms with Crippen LogP contribution in [0.5, 0.6) is 5.75 Å². The third-order valence-corrected chi connectivity index (χ3v) is 3.50. The SMILES string of the molecule is COc1ccc(C=NC2=CCC(=C3C=CC=C3)C=C2)cc1. The van der Waals surface area contributed by atoms with Gasteiger partial charge in [0.15, 0.2) is 0 Å². The van der Waals surface area contributed by atoms with E-state index in [1.165, 1.54) is 11.1 Å². The molecule has 0 fully saturated rings. The number of ether oxygens (including phenoxy) is 1. The van der Waals surface area contributed by atoms with Gasteiger partial charge in [-0.3, -0.25) is 4.99 Å². The predicted octanol–water partition coefficient (Wildman–Crippen LogP) is 4.38. The molecule has 0 saturated heterocycles. The molecule has 1 aromatic carbocycles. The molecule has 0 N–H and O–H groups in total. The van der Waals surface area contributed by atoms with Crippen molar-refractivity contribution in [3.8, 4) is 5.75 Å². The number of rotatable bonds is 3. The van der Waals surface area contributed by atoms with Crippen LogP contribution in [0.2, 0.25) is 0 Å². The predicted molar refractivity (Wildman–Crippen MR) is 87.7 cm³/mol. The number of methoxy groups -OCH3 is 1. The summed E-state index contributed by atoms with van der Waals surface area (Å²) in [5.41, 5.74) is 4.70. The fourth-order valence-electron chi connectivity index (χ4n) is 2.27. The van der Waals surface area contributed by atoms with Crippen molar-refractivity contribution in [2.75, 3.05) is 7.11 Å². The minimum Gasteiger partial charge on any atom is -0.497 e. The first-order chi connectivity index (χ1) is 10.3. The summed E-state index contributed by atoms with van der Waals surface area (Å²) in [5, 5.41) is 0. The molecule has 0 unspecified atom stereocenters. The summed E-state index contributed by atoms with van der Waals surface area (Å²) >= 11 is 0. The maximum atomic E-state index is 5.14. The lowest BCUT2D eigenvalue weighted by atomic mass is 10.0. The van der Waals surface area contributed by atoms with Crippen molar-refractivity contribution in [2.24, 2.45) is 4.99 Å². The van der Waals surface area contributed by atoms with Gasteiger partial charge in [0.2, 0.25) is 0 Å². The Morgan fingerprint density at radius 1 is 1.00 bits per heavy atom. The largest absolute Gasteiger partial charge is 0.497 e. The molecule has 3 rings (SSSR count). The quantitative estimate of drug-likeness (QED) is 0.750. The average molecular weight is 275 g/mol. The van der Waals surface area contributed by atoms with Gasteiger partial charge in [-0.05, 0) is 53.5 Å². The molecule has 0 amide bonds. The summed E-state index contributed by atoms with van der Waals surface area (Å²) < 4.78 is 5.14. The summed E-state index contributed by atoms with van der Waals surface area (Å²) in [7, 11) is 1.67. The molecular weight excluding hydrogens is 258 g/mol. The average Bonchev–Trinajstić information content (AvgIpc) is 3.08.